The van der Waals surface area contributed by atoms with Gasteiger partial charge in [0.25, 0.3) is 0 Å². The molecule has 0 saturated carbocycles. The first kappa shape index (κ1) is 25.0. The summed E-state index contributed by atoms with van der Waals surface area (Å²) in [5.74, 6) is 2.62. The fraction of sp³-hybridized carbons (Fsp3) is 0.538. The number of nitrogens with zero attached hydrogens (tertiary/aromatic N) is 1. The summed E-state index contributed by atoms with van der Waals surface area (Å²) in [6, 6.07) is 19.1. The van der Waals surface area contributed by atoms with Gasteiger partial charge in [-0.3, -0.25) is 0 Å². The van der Waals surface area contributed by atoms with Gasteiger partial charge < -0.3 is 37.9 Å². The van der Waals surface area contributed by atoms with Crippen molar-refractivity contribution in [3.05, 3.63) is 60.2 Å². The number of piperidine rings is 1. The van der Waals surface area contributed by atoms with Gasteiger partial charge in [-0.1, -0.05) is 43.7 Å². The molecule has 1 aliphatic heterocycles. The molecule has 2 aromatic rings. The normalized spacial score (nSPS) is 20.9. The molecule has 0 bridgehead atoms. The lowest BCUT2D eigenvalue weighted by Gasteiger charge is -2.43. The summed E-state index contributed by atoms with van der Waals surface area (Å²) < 4.78 is 13.0. The Bertz CT molecular complexity index is 697. The Morgan fingerprint density at radius 3 is 1.90 bits per heavy atom. The SMILES string of the molecule is CCCCOc1ccc(OCCC[N+]2(CC)CCC(c3ccccc3)CC2)cc1.[I-]. The summed E-state index contributed by atoms with van der Waals surface area (Å²) in [7, 11) is 0. The van der Waals surface area contributed by atoms with Crippen LogP contribution in [0.3, 0.4) is 0 Å². The Kier molecular flexibility index (Phi) is 11.0. The quantitative estimate of drug-likeness (QED) is 0.256. The van der Waals surface area contributed by atoms with Gasteiger partial charge in [-0.05, 0) is 49.1 Å². The lowest BCUT2D eigenvalue weighted by atomic mass is 9.88. The smallest absolute Gasteiger partial charge is 0.119 e. The minimum atomic E-state index is 0. The van der Waals surface area contributed by atoms with Crippen LogP contribution < -0.4 is 33.5 Å². The zero-order valence-electron chi connectivity index (χ0n) is 18.7. The van der Waals surface area contributed by atoms with Crippen molar-refractivity contribution >= 4 is 0 Å². The molecule has 3 nitrogen and oxygen atoms in total. The first-order chi connectivity index (χ1) is 14.2. The number of ether oxygens (including phenoxy) is 2. The lowest BCUT2D eigenvalue weighted by molar-refractivity contribution is -0.931. The second-order valence-electron chi connectivity index (χ2n) is 8.39. The van der Waals surface area contributed by atoms with Crippen LogP contribution in [-0.4, -0.2) is 43.9 Å². The number of quaternary nitrogens is 1. The number of hydrogen-bond acceptors (Lipinski definition) is 2. The van der Waals surface area contributed by atoms with E-state index in [2.05, 4.69) is 44.2 Å². The molecule has 0 radical (unpaired) electrons. The molecule has 0 atom stereocenters. The molecule has 0 aliphatic carbocycles. The zero-order valence-corrected chi connectivity index (χ0v) is 20.9. The highest BCUT2D eigenvalue weighted by Gasteiger charge is 2.32. The summed E-state index contributed by atoms with van der Waals surface area (Å²) in [5.41, 5.74) is 1.52. The van der Waals surface area contributed by atoms with Gasteiger partial charge in [-0.25, -0.2) is 0 Å². The molecule has 0 unspecified atom stereocenters. The van der Waals surface area contributed by atoms with Gasteiger partial charge in [-0.15, -0.1) is 0 Å². The van der Waals surface area contributed by atoms with E-state index in [0.717, 1.165) is 49.9 Å². The van der Waals surface area contributed by atoms with E-state index in [4.69, 9.17) is 9.47 Å². The zero-order chi connectivity index (χ0) is 20.4. The lowest BCUT2D eigenvalue weighted by Crippen LogP contribution is -3.00. The van der Waals surface area contributed by atoms with Gasteiger partial charge in [0, 0.05) is 19.3 Å². The van der Waals surface area contributed by atoms with E-state index in [-0.39, 0.29) is 24.0 Å². The standard InChI is InChI=1S/C26H38NO2.HI/c1-3-5-21-28-25-12-14-26(15-13-25)29-22-9-18-27(4-2)19-16-24(17-20-27)23-10-7-6-8-11-23;/h6-8,10-15,24H,3-5,9,16-22H2,1-2H3;1H/q+1;/p-1. The van der Waals surface area contributed by atoms with Crippen LogP contribution in [0, 0.1) is 0 Å². The van der Waals surface area contributed by atoms with Crippen LogP contribution >= 0.6 is 0 Å². The summed E-state index contributed by atoms with van der Waals surface area (Å²) in [4.78, 5) is 0. The molecule has 2 aromatic carbocycles. The second kappa shape index (κ2) is 13.2. The number of halogens is 1. The molecule has 0 spiro atoms. The second-order valence-corrected chi connectivity index (χ2v) is 8.39. The molecule has 4 heteroatoms. The van der Waals surface area contributed by atoms with E-state index < -0.39 is 0 Å². The minimum Gasteiger partial charge on any atom is -1.00 e. The van der Waals surface area contributed by atoms with Crippen LogP contribution in [0.5, 0.6) is 11.5 Å². The predicted octanol–water partition coefficient (Wildman–Crippen LogP) is 3.05. The van der Waals surface area contributed by atoms with E-state index in [9.17, 15) is 0 Å². The Morgan fingerprint density at radius 1 is 0.800 bits per heavy atom. The van der Waals surface area contributed by atoms with Crippen LogP contribution in [0.2, 0.25) is 0 Å². The molecule has 1 aliphatic rings. The molecule has 30 heavy (non-hydrogen) atoms. The van der Waals surface area contributed by atoms with Gasteiger partial charge in [0.2, 0.25) is 0 Å². The number of likely N-dealkylation sites (tertiary alicyclic amines) is 1. The number of unbranched alkanes of at least 4 members (excludes halogenated alkanes) is 1. The minimum absolute atomic E-state index is 0. The number of benzene rings is 2. The summed E-state index contributed by atoms with van der Waals surface area (Å²) in [6.45, 7) is 11.1. The molecular formula is C26H38INO2. The molecule has 1 saturated heterocycles. The monoisotopic (exact) mass is 523 g/mol. The Labute approximate surface area is 200 Å². The van der Waals surface area contributed by atoms with E-state index in [1.807, 2.05) is 24.3 Å². The topological polar surface area (TPSA) is 18.5 Å². The fourth-order valence-corrected chi connectivity index (χ4v) is 4.43. The summed E-state index contributed by atoms with van der Waals surface area (Å²) in [5, 5.41) is 0. The Hall–Kier alpha value is -1.27. The maximum atomic E-state index is 5.99. The third-order valence-electron chi connectivity index (χ3n) is 6.48. The largest absolute Gasteiger partial charge is 1.00 e. The van der Waals surface area contributed by atoms with E-state index in [1.54, 1.807) is 0 Å². The van der Waals surface area contributed by atoms with Gasteiger partial charge in [-0.2, -0.15) is 0 Å². The average molecular weight is 523 g/mol. The number of rotatable bonds is 11. The third-order valence-corrected chi connectivity index (χ3v) is 6.48. The molecule has 0 amide bonds. The van der Waals surface area contributed by atoms with Crippen molar-refractivity contribution in [3.63, 3.8) is 0 Å². The van der Waals surface area contributed by atoms with Crippen LogP contribution in [0.4, 0.5) is 0 Å². The molecule has 1 fully saturated rings. The highest BCUT2D eigenvalue weighted by Crippen LogP contribution is 2.31. The molecule has 0 N–H and O–H groups in total. The summed E-state index contributed by atoms with van der Waals surface area (Å²) >= 11 is 0. The van der Waals surface area contributed by atoms with Crippen molar-refractivity contribution in [2.75, 3.05) is 39.4 Å². The van der Waals surface area contributed by atoms with Crippen molar-refractivity contribution < 1.29 is 37.9 Å². The number of hydrogen-bond donors (Lipinski definition) is 0. The van der Waals surface area contributed by atoms with Gasteiger partial charge in [0.15, 0.2) is 0 Å². The molecule has 1 heterocycles. The maximum Gasteiger partial charge on any atom is 0.119 e. The average Bonchev–Trinajstić information content (AvgIpc) is 2.79. The van der Waals surface area contributed by atoms with Gasteiger partial charge in [0.05, 0.1) is 39.4 Å². The fourth-order valence-electron chi connectivity index (χ4n) is 4.43. The Morgan fingerprint density at radius 2 is 1.37 bits per heavy atom. The molecule has 166 valence electrons. The first-order valence-electron chi connectivity index (χ1n) is 11.5. The van der Waals surface area contributed by atoms with Crippen LogP contribution in [0.1, 0.15) is 57.4 Å². The highest BCUT2D eigenvalue weighted by molar-refractivity contribution is 5.31. The highest BCUT2D eigenvalue weighted by atomic mass is 127. The molecule has 3 rings (SSSR count). The van der Waals surface area contributed by atoms with Crippen molar-refractivity contribution in [2.45, 2.75) is 51.9 Å². The van der Waals surface area contributed by atoms with Crippen LogP contribution in [0.15, 0.2) is 54.6 Å². The van der Waals surface area contributed by atoms with E-state index >= 15 is 0 Å². The molecule has 0 aromatic heterocycles. The van der Waals surface area contributed by atoms with E-state index in [0.29, 0.717) is 0 Å². The van der Waals surface area contributed by atoms with Gasteiger partial charge >= 0.3 is 0 Å². The predicted molar refractivity (Wildman–Crippen MR) is 121 cm³/mol. The molecular weight excluding hydrogens is 485 g/mol. The summed E-state index contributed by atoms with van der Waals surface area (Å²) in [6.07, 6.45) is 5.97. The van der Waals surface area contributed by atoms with E-state index in [1.165, 1.54) is 49.1 Å². The van der Waals surface area contributed by atoms with Crippen molar-refractivity contribution in [3.8, 4) is 11.5 Å². The van der Waals surface area contributed by atoms with Crippen molar-refractivity contribution in [2.24, 2.45) is 0 Å². The maximum absolute atomic E-state index is 5.99. The van der Waals surface area contributed by atoms with Crippen molar-refractivity contribution in [1.29, 1.82) is 0 Å². The van der Waals surface area contributed by atoms with Crippen LogP contribution in [-0.2, 0) is 0 Å². The van der Waals surface area contributed by atoms with Gasteiger partial charge in [0.1, 0.15) is 11.5 Å². The van der Waals surface area contributed by atoms with Crippen molar-refractivity contribution in [1.82, 2.24) is 0 Å². The Balaban J connectivity index is 0.00000320. The first-order valence-corrected chi connectivity index (χ1v) is 11.5. The van der Waals surface area contributed by atoms with Crippen LogP contribution in [0.25, 0.3) is 0 Å². The third kappa shape index (κ3) is 7.45.